The predicted octanol–water partition coefficient (Wildman–Crippen LogP) is 4.72. The van der Waals surface area contributed by atoms with Crippen LogP contribution in [0.4, 0.5) is 5.69 Å². The monoisotopic (exact) mass is 412 g/mol. The van der Waals surface area contributed by atoms with Crippen LogP contribution in [0.25, 0.3) is 6.08 Å². The van der Waals surface area contributed by atoms with Gasteiger partial charge in [0.2, 0.25) is 5.75 Å². The Balaban J connectivity index is 2.02. The first kappa shape index (κ1) is 20.8. The molecule has 1 saturated heterocycles. The van der Waals surface area contributed by atoms with Crippen LogP contribution in [-0.2, 0) is 4.79 Å². The van der Waals surface area contributed by atoms with Crippen molar-refractivity contribution in [3.05, 3.63) is 52.9 Å². The van der Waals surface area contributed by atoms with Gasteiger partial charge in [-0.1, -0.05) is 18.2 Å². The summed E-state index contributed by atoms with van der Waals surface area (Å²) in [5.41, 5.74) is 1.59. The second kappa shape index (κ2) is 9.05. The van der Waals surface area contributed by atoms with Crippen LogP contribution in [0, 0.1) is 0 Å². The molecular formula is C22H24N2O4S. The van der Waals surface area contributed by atoms with Crippen molar-refractivity contribution < 1.29 is 19.0 Å². The van der Waals surface area contributed by atoms with Gasteiger partial charge in [0.25, 0.3) is 5.91 Å². The first-order chi connectivity index (χ1) is 14.0. The van der Waals surface area contributed by atoms with E-state index in [-0.39, 0.29) is 11.9 Å². The van der Waals surface area contributed by atoms with Crippen molar-refractivity contribution in [2.45, 2.75) is 19.9 Å². The molecule has 1 fully saturated rings. The van der Waals surface area contributed by atoms with E-state index in [2.05, 4.69) is 4.99 Å². The van der Waals surface area contributed by atoms with E-state index in [1.807, 2.05) is 62.4 Å². The summed E-state index contributed by atoms with van der Waals surface area (Å²) in [6, 6.07) is 13.2. The van der Waals surface area contributed by atoms with Gasteiger partial charge in [0.1, 0.15) is 0 Å². The molecule has 0 spiro atoms. The molecule has 0 atom stereocenters. The highest BCUT2D eigenvalue weighted by Gasteiger charge is 2.35. The van der Waals surface area contributed by atoms with Crippen LogP contribution in [0.1, 0.15) is 19.4 Å². The summed E-state index contributed by atoms with van der Waals surface area (Å²) in [7, 11) is 4.69. The number of hydrogen-bond acceptors (Lipinski definition) is 6. The first-order valence-electron chi connectivity index (χ1n) is 9.15. The van der Waals surface area contributed by atoms with Gasteiger partial charge in [0.05, 0.1) is 31.9 Å². The summed E-state index contributed by atoms with van der Waals surface area (Å²) in [5, 5.41) is 0.662. The number of benzene rings is 2. The van der Waals surface area contributed by atoms with Gasteiger partial charge in [-0.15, -0.1) is 0 Å². The van der Waals surface area contributed by atoms with Gasteiger partial charge in [-0.3, -0.25) is 9.69 Å². The molecule has 1 aliphatic rings. The number of thioether (sulfide) groups is 1. The van der Waals surface area contributed by atoms with Gasteiger partial charge in [0.15, 0.2) is 16.7 Å². The number of carbonyl (C=O) groups excluding carboxylic acids is 1. The molecule has 0 radical (unpaired) electrons. The fourth-order valence-electron chi connectivity index (χ4n) is 2.97. The average molecular weight is 413 g/mol. The molecule has 6 nitrogen and oxygen atoms in total. The fraction of sp³-hybridized carbons (Fsp3) is 0.273. The average Bonchev–Trinajstić information content (AvgIpc) is 3.02. The molecule has 152 valence electrons. The van der Waals surface area contributed by atoms with Crippen molar-refractivity contribution in [1.29, 1.82) is 0 Å². The summed E-state index contributed by atoms with van der Waals surface area (Å²) in [6.45, 7) is 3.95. The quantitative estimate of drug-likeness (QED) is 0.642. The van der Waals surface area contributed by atoms with E-state index in [0.717, 1.165) is 11.3 Å². The summed E-state index contributed by atoms with van der Waals surface area (Å²) < 4.78 is 16.2. The van der Waals surface area contributed by atoms with Gasteiger partial charge in [-0.05, 0) is 61.5 Å². The number of hydrogen-bond donors (Lipinski definition) is 0. The van der Waals surface area contributed by atoms with Crippen LogP contribution in [0.3, 0.4) is 0 Å². The first-order valence-corrected chi connectivity index (χ1v) is 9.97. The molecule has 1 heterocycles. The maximum atomic E-state index is 13.1. The molecule has 2 aromatic rings. The largest absolute Gasteiger partial charge is 0.493 e. The van der Waals surface area contributed by atoms with Gasteiger partial charge in [-0.25, -0.2) is 4.99 Å². The minimum absolute atomic E-state index is 0.0108. The zero-order valence-corrected chi connectivity index (χ0v) is 17.9. The van der Waals surface area contributed by atoms with Crippen molar-refractivity contribution in [2.75, 3.05) is 21.3 Å². The van der Waals surface area contributed by atoms with Crippen molar-refractivity contribution in [3.8, 4) is 17.2 Å². The third-order valence-electron chi connectivity index (χ3n) is 4.32. The smallest absolute Gasteiger partial charge is 0.266 e. The van der Waals surface area contributed by atoms with Crippen LogP contribution in [0.15, 0.2) is 52.4 Å². The number of aliphatic imine (C=N–C) groups is 1. The van der Waals surface area contributed by atoms with Gasteiger partial charge in [-0.2, -0.15) is 0 Å². The van der Waals surface area contributed by atoms with Crippen molar-refractivity contribution in [3.63, 3.8) is 0 Å². The Morgan fingerprint density at radius 1 is 1.00 bits per heavy atom. The van der Waals surface area contributed by atoms with Gasteiger partial charge < -0.3 is 14.2 Å². The molecule has 0 unspecified atom stereocenters. The highest BCUT2D eigenvalue weighted by molar-refractivity contribution is 8.18. The Bertz CT molecular complexity index is 930. The lowest BCUT2D eigenvalue weighted by Crippen LogP contribution is -2.35. The molecule has 0 N–H and O–H groups in total. The zero-order valence-electron chi connectivity index (χ0n) is 17.1. The number of carbonyl (C=O) groups is 1. The number of rotatable bonds is 6. The Labute approximate surface area is 175 Å². The number of para-hydroxylation sites is 1. The topological polar surface area (TPSA) is 60.4 Å². The van der Waals surface area contributed by atoms with Crippen LogP contribution in [-0.4, -0.2) is 43.3 Å². The fourth-order valence-corrected chi connectivity index (χ4v) is 4.09. The maximum Gasteiger partial charge on any atom is 0.266 e. The van der Waals surface area contributed by atoms with E-state index < -0.39 is 0 Å². The summed E-state index contributed by atoms with van der Waals surface area (Å²) in [5.74, 6) is 1.51. The molecule has 0 aliphatic carbocycles. The van der Waals surface area contributed by atoms with Gasteiger partial charge >= 0.3 is 0 Å². The zero-order chi connectivity index (χ0) is 21.0. The highest BCUT2D eigenvalue weighted by atomic mass is 32.2. The van der Waals surface area contributed by atoms with Crippen LogP contribution in [0.5, 0.6) is 17.2 Å². The van der Waals surface area contributed by atoms with E-state index >= 15 is 0 Å². The van der Waals surface area contributed by atoms with Crippen LogP contribution >= 0.6 is 11.8 Å². The molecule has 29 heavy (non-hydrogen) atoms. The van der Waals surface area contributed by atoms with Crippen LogP contribution in [0.2, 0.25) is 0 Å². The lowest BCUT2D eigenvalue weighted by atomic mass is 10.1. The lowest BCUT2D eigenvalue weighted by molar-refractivity contribution is -0.123. The molecule has 3 rings (SSSR count). The second-order valence-corrected chi connectivity index (χ2v) is 7.58. The molecule has 2 aromatic carbocycles. The van der Waals surface area contributed by atoms with E-state index in [9.17, 15) is 4.79 Å². The third-order valence-corrected chi connectivity index (χ3v) is 5.30. The van der Waals surface area contributed by atoms with Crippen molar-refractivity contribution in [1.82, 2.24) is 4.90 Å². The minimum Gasteiger partial charge on any atom is -0.493 e. The van der Waals surface area contributed by atoms with Crippen molar-refractivity contribution in [2.24, 2.45) is 4.99 Å². The Kier molecular flexibility index (Phi) is 6.49. The Hall–Kier alpha value is -2.93. The van der Waals surface area contributed by atoms with E-state index in [1.54, 1.807) is 26.2 Å². The normalized spacial score (nSPS) is 16.8. The molecule has 7 heteroatoms. The summed E-state index contributed by atoms with van der Waals surface area (Å²) >= 11 is 1.36. The molecule has 1 aliphatic heterocycles. The van der Waals surface area contributed by atoms with E-state index in [4.69, 9.17) is 14.2 Å². The van der Waals surface area contributed by atoms with Gasteiger partial charge in [0, 0.05) is 6.04 Å². The minimum atomic E-state index is -0.0755. The molecular weight excluding hydrogens is 388 g/mol. The Morgan fingerprint density at radius 3 is 2.14 bits per heavy atom. The number of methoxy groups -OCH3 is 3. The molecule has 1 amide bonds. The second-order valence-electron chi connectivity index (χ2n) is 6.57. The Morgan fingerprint density at radius 2 is 1.62 bits per heavy atom. The van der Waals surface area contributed by atoms with E-state index in [0.29, 0.717) is 27.3 Å². The predicted molar refractivity (Wildman–Crippen MR) is 117 cm³/mol. The summed E-state index contributed by atoms with van der Waals surface area (Å²) in [4.78, 5) is 20.0. The number of amides is 1. The third kappa shape index (κ3) is 4.40. The highest BCUT2D eigenvalue weighted by Crippen LogP contribution is 2.40. The molecule has 0 aromatic heterocycles. The summed E-state index contributed by atoms with van der Waals surface area (Å²) in [6.07, 6.45) is 1.82. The number of nitrogens with zero attached hydrogens (tertiary/aromatic N) is 2. The standard InChI is InChI=1S/C22H24N2O4S/c1-14(2)24-21(25)19(29-22(24)23-16-9-7-6-8-10-16)13-15-11-17(26-3)20(28-5)18(12-15)27-4/h6-14H,1-5H3/b19-13+,23-22?. The number of ether oxygens (including phenoxy) is 3. The van der Waals surface area contributed by atoms with E-state index in [1.165, 1.54) is 11.8 Å². The lowest BCUT2D eigenvalue weighted by Gasteiger charge is -2.19. The van der Waals surface area contributed by atoms with Crippen LogP contribution < -0.4 is 14.2 Å². The molecule has 0 saturated carbocycles. The maximum absolute atomic E-state index is 13.1. The van der Waals surface area contributed by atoms with Crippen molar-refractivity contribution >= 4 is 34.6 Å². The number of amidine groups is 1. The SMILES string of the molecule is COc1cc(/C=C2/SC(=Nc3ccccc3)N(C(C)C)C2=O)cc(OC)c1OC. The molecule has 0 bridgehead atoms.